The van der Waals surface area contributed by atoms with Crippen molar-refractivity contribution in [2.45, 2.75) is 35.6 Å². The van der Waals surface area contributed by atoms with Crippen LogP contribution in [0.25, 0.3) is 0 Å². The first kappa shape index (κ1) is 10.0. The van der Waals surface area contributed by atoms with Gasteiger partial charge in [0.1, 0.15) is 0 Å². The van der Waals surface area contributed by atoms with Crippen LogP contribution in [-0.2, 0) is 4.79 Å². The molecule has 2 atom stereocenters. The van der Waals surface area contributed by atoms with Crippen LogP contribution in [0.15, 0.2) is 12.7 Å². The standard InChI is InChI=1S/C9H14INO/c1-2-9(12)11-8-5-3-4-7(10)6-8/h2,7-8H,1,3-6H2,(H,11,12). The Morgan fingerprint density at radius 1 is 1.58 bits per heavy atom. The molecular weight excluding hydrogens is 265 g/mol. The third-order valence-corrected chi connectivity index (χ3v) is 3.27. The summed E-state index contributed by atoms with van der Waals surface area (Å²) in [5.74, 6) is -0.0366. The third-order valence-electron chi connectivity index (χ3n) is 2.14. The molecule has 0 radical (unpaired) electrons. The van der Waals surface area contributed by atoms with Crippen molar-refractivity contribution in [1.82, 2.24) is 5.32 Å². The number of hydrogen-bond acceptors (Lipinski definition) is 1. The van der Waals surface area contributed by atoms with Crippen molar-refractivity contribution < 1.29 is 4.79 Å². The van der Waals surface area contributed by atoms with Crippen molar-refractivity contribution in [2.24, 2.45) is 0 Å². The fourth-order valence-electron chi connectivity index (χ4n) is 1.52. The van der Waals surface area contributed by atoms with Gasteiger partial charge in [-0.15, -0.1) is 0 Å². The highest BCUT2D eigenvalue weighted by atomic mass is 127. The van der Waals surface area contributed by atoms with E-state index in [-0.39, 0.29) is 5.91 Å². The fraction of sp³-hybridized carbons (Fsp3) is 0.667. The van der Waals surface area contributed by atoms with E-state index in [9.17, 15) is 4.79 Å². The van der Waals surface area contributed by atoms with Gasteiger partial charge < -0.3 is 5.32 Å². The Morgan fingerprint density at radius 2 is 2.33 bits per heavy atom. The van der Waals surface area contributed by atoms with Gasteiger partial charge in [-0.2, -0.15) is 0 Å². The number of amides is 1. The predicted octanol–water partition coefficient (Wildman–Crippen LogP) is 2.03. The summed E-state index contributed by atoms with van der Waals surface area (Å²) in [5.41, 5.74) is 0. The maximum Gasteiger partial charge on any atom is 0.243 e. The summed E-state index contributed by atoms with van der Waals surface area (Å²) in [6.07, 6.45) is 6.10. The van der Waals surface area contributed by atoms with Crippen LogP contribution in [0.2, 0.25) is 0 Å². The number of carbonyl (C=O) groups excluding carboxylic acids is 1. The number of alkyl halides is 1. The molecule has 0 bridgehead atoms. The van der Waals surface area contributed by atoms with Crippen LogP contribution >= 0.6 is 22.6 Å². The minimum atomic E-state index is -0.0366. The van der Waals surface area contributed by atoms with E-state index in [1.165, 1.54) is 18.9 Å². The normalized spacial score (nSPS) is 29.4. The zero-order valence-corrected chi connectivity index (χ0v) is 9.21. The summed E-state index contributed by atoms with van der Waals surface area (Å²) >= 11 is 2.45. The summed E-state index contributed by atoms with van der Waals surface area (Å²) < 4.78 is 0.728. The molecular formula is C9H14INO. The molecule has 0 saturated heterocycles. The van der Waals surface area contributed by atoms with Crippen molar-refractivity contribution in [3.8, 4) is 0 Å². The lowest BCUT2D eigenvalue weighted by molar-refractivity contribution is -0.117. The number of hydrogen-bond donors (Lipinski definition) is 1. The first-order valence-corrected chi connectivity index (χ1v) is 5.54. The Hall–Kier alpha value is -0.0600. The Morgan fingerprint density at radius 3 is 2.92 bits per heavy atom. The van der Waals surface area contributed by atoms with E-state index in [0.29, 0.717) is 6.04 Å². The molecule has 1 fully saturated rings. The van der Waals surface area contributed by atoms with E-state index >= 15 is 0 Å². The highest BCUT2D eigenvalue weighted by molar-refractivity contribution is 14.1. The smallest absolute Gasteiger partial charge is 0.243 e. The van der Waals surface area contributed by atoms with Crippen LogP contribution in [0.5, 0.6) is 0 Å². The SMILES string of the molecule is C=CC(=O)NC1CCCC(I)C1. The number of halogens is 1. The Balaban J connectivity index is 2.31. The largest absolute Gasteiger partial charge is 0.350 e. The summed E-state index contributed by atoms with van der Waals surface area (Å²) in [5, 5.41) is 2.94. The van der Waals surface area contributed by atoms with Gasteiger partial charge in [0.2, 0.25) is 5.91 Å². The Labute approximate surface area is 86.9 Å². The zero-order chi connectivity index (χ0) is 8.97. The van der Waals surface area contributed by atoms with Crippen LogP contribution in [0.4, 0.5) is 0 Å². The first-order valence-electron chi connectivity index (χ1n) is 4.29. The molecule has 2 nitrogen and oxygen atoms in total. The van der Waals surface area contributed by atoms with Gasteiger partial charge in [0.15, 0.2) is 0 Å². The second kappa shape index (κ2) is 4.84. The van der Waals surface area contributed by atoms with E-state index in [1.807, 2.05) is 0 Å². The maximum absolute atomic E-state index is 11.0. The number of rotatable bonds is 2. The predicted molar refractivity (Wildman–Crippen MR) is 58.4 cm³/mol. The molecule has 2 unspecified atom stereocenters. The maximum atomic E-state index is 11.0. The van der Waals surface area contributed by atoms with Gasteiger partial charge in [0, 0.05) is 9.97 Å². The molecule has 0 aromatic carbocycles. The molecule has 1 aliphatic rings. The van der Waals surface area contributed by atoms with E-state index in [4.69, 9.17) is 0 Å². The molecule has 0 aromatic rings. The molecule has 1 rings (SSSR count). The van der Waals surface area contributed by atoms with Crippen LogP contribution in [0.3, 0.4) is 0 Å². The van der Waals surface area contributed by atoms with Crippen LogP contribution in [0.1, 0.15) is 25.7 Å². The lowest BCUT2D eigenvalue weighted by atomic mass is 9.95. The van der Waals surface area contributed by atoms with Crippen molar-refractivity contribution in [2.75, 3.05) is 0 Å². The highest BCUT2D eigenvalue weighted by Crippen LogP contribution is 2.24. The monoisotopic (exact) mass is 279 g/mol. The van der Waals surface area contributed by atoms with Gasteiger partial charge in [-0.25, -0.2) is 0 Å². The molecule has 3 heteroatoms. The van der Waals surface area contributed by atoms with Crippen molar-refractivity contribution in [1.29, 1.82) is 0 Å². The van der Waals surface area contributed by atoms with Crippen molar-refractivity contribution in [3.05, 3.63) is 12.7 Å². The third kappa shape index (κ3) is 3.13. The van der Waals surface area contributed by atoms with Crippen LogP contribution in [-0.4, -0.2) is 15.9 Å². The minimum Gasteiger partial charge on any atom is -0.350 e. The topological polar surface area (TPSA) is 29.1 Å². The first-order chi connectivity index (χ1) is 5.72. The number of nitrogens with one attached hydrogen (secondary N) is 1. The second-order valence-corrected chi connectivity index (χ2v) is 4.94. The molecule has 1 saturated carbocycles. The average Bonchev–Trinajstić information content (AvgIpc) is 2.04. The minimum absolute atomic E-state index is 0.0366. The average molecular weight is 279 g/mol. The quantitative estimate of drug-likeness (QED) is 0.468. The van der Waals surface area contributed by atoms with Crippen molar-refractivity contribution in [3.63, 3.8) is 0 Å². The number of carbonyl (C=O) groups is 1. The highest BCUT2D eigenvalue weighted by Gasteiger charge is 2.20. The van der Waals surface area contributed by atoms with Gasteiger partial charge in [-0.1, -0.05) is 35.6 Å². The molecule has 0 aliphatic heterocycles. The molecule has 0 spiro atoms. The lowest BCUT2D eigenvalue weighted by Gasteiger charge is -2.25. The van der Waals surface area contributed by atoms with Crippen LogP contribution < -0.4 is 5.32 Å². The summed E-state index contributed by atoms with van der Waals surface area (Å²) in [4.78, 5) is 11.0. The lowest BCUT2D eigenvalue weighted by Crippen LogP contribution is -2.37. The van der Waals surface area contributed by atoms with Crippen molar-refractivity contribution >= 4 is 28.5 Å². The second-order valence-electron chi connectivity index (χ2n) is 3.17. The van der Waals surface area contributed by atoms with E-state index in [2.05, 4.69) is 34.5 Å². The van der Waals surface area contributed by atoms with E-state index < -0.39 is 0 Å². The molecule has 1 amide bonds. The zero-order valence-electron chi connectivity index (χ0n) is 7.05. The van der Waals surface area contributed by atoms with E-state index in [0.717, 1.165) is 16.8 Å². The molecule has 12 heavy (non-hydrogen) atoms. The summed E-state index contributed by atoms with van der Waals surface area (Å²) in [6.45, 7) is 3.43. The Bertz CT molecular complexity index is 181. The molecule has 1 N–H and O–H groups in total. The van der Waals surface area contributed by atoms with Gasteiger partial charge in [0.05, 0.1) is 0 Å². The van der Waals surface area contributed by atoms with Gasteiger partial charge in [-0.3, -0.25) is 4.79 Å². The molecule has 0 heterocycles. The molecule has 1 aliphatic carbocycles. The Kier molecular flexibility index (Phi) is 4.05. The van der Waals surface area contributed by atoms with Gasteiger partial charge in [0.25, 0.3) is 0 Å². The molecule has 68 valence electrons. The summed E-state index contributed by atoms with van der Waals surface area (Å²) in [6, 6.07) is 0.381. The van der Waals surface area contributed by atoms with Gasteiger partial charge >= 0.3 is 0 Å². The molecule has 0 aromatic heterocycles. The summed E-state index contributed by atoms with van der Waals surface area (Å²) in [7, 11) is 0. The fourth-order valence-corrected chi connectivity index (χ4v) is 2.58. The van der Waals surface area contributed by atoms with E-state index in [1.54, 1.807) is 0 Å². The van der Waals surface area contributed by atoms with Crippen LogP contribution in [0, 0.1) is 0 Å². The van der Waals surface area contributed by atoms with Gasteiger partial charge in [-0.05, 0) is 25.3 Å².